The van der Waals surface area contributed by atoms with Gasteiger partial charge in [0.15, 0.2) is 0 Å². The van der Waals surface area contributed by atoms with Gasteiger partial charge in [-0.3, -0.25) is 13.8 Å². The van der Waals surface area contributed by atoms with Gasteiger partial charge in [0.05, 0.1) is 19.1 Å². The minimum Gasteiger partial charge on any atom is -0.462 e. The maximum Gasteiger partial charge on any atom is 0.472 e. The molecule has 1 N–H and O–H groups in total. The summed E-state index contributed by atoms with van der Waals surface area (Å²) in [6.45, 7) is 3.86. The molecule has 0 saturated carbocycles. The number of phosphoric acid groups is 1. The van der Waals surface area contributed by atoms with Crippen LogP contribution < -0.4 is 0 Å². The van der Waals surface area contributed by atoms with Crippen molar-refractivity contribution in [3.63, 3.8) is 0 Å². The van der Waals surface area contributed by atoms with Crippen LogP contribution in [0.1, 0.15) is 123 Å². The zero-order chi connectivity index (χ0) is 24.9. The first kappa shape index (κ1) is 31.1. The van der Waals surface area contributed by atoms with E-state index in [1.165, 1.54) is 51.4 Å². The Balaban J connectivity index is 2.61. The standard InChI is InChI=1S/C27H49O6P/c1-3-23-31-34(29,30)33-26-22-20-18-16-14-12-10-8-6-4-5-7-9-11-13-15-17-19-21-25(2)32-27(28)24-26/h9,11,17,19,25-26H,3-8,10,12-16,18,20-24H2,1-2H3,(H,29,30)/b11-9-,19-17+/t25-,26+/m0/s1. The van der Waals surface area contributed by atoms with Crippen molar-refractivity contribution in [2.45, 2.75) is 135 Å². The molecule has 0 saturated heterocycles. The highest BCUT2D eigenvalue weighted by Crippen LogP contribution is 2.46. The average Bonchev–Trinajstić information content (AvgIpc) is 2.78. The van der Waals surface area contributed by atoms with Gasteiger partial charge in [-0.2, -0.15) is 0 Å². The molecule has 0 amide bonds. The van der Waals surface area contributed by atoms with Gasteiger partial charge in [0.25, 0.3) is 0 Å². The lowest BCUT2D eigenvalue weighted by atomic mass is 10.0. The van der Waals surface area contributed by atoms with Crippen LogP contribution >= 0.6 is 7.82 Å². The van der Waals surface area contributed by atoms with Crippen LogP contribution in [0.5, 0.6) is 0 Å². The molecule has 1 rings (SSSR count). The molecule has 198 valence electrons. The molecule has 0 bridgehead atoms. The lowest BCUT2D eigenvalue weighted by Gasteiger charge is -2.21. The Labute approximate surface area is 208 Å². The Bertz CT molecular complexity index is 618. The number of carbonyl (C=O) groups excluding carboxylic acids is 1. The van der Waals surface area contributed by atoms with Crippen LogP contribution in [-0.2, 0) is 23.1 Å². The zero-order valence-corrected chi connectivity index (χ0v) is 22.5. The first-order chi connectivity index (χ1) is 16.4. The molecule has 0 aromatic carbocycles. The van der Waals surface area contributed by atoms with E-state index in [9.17, 15) is 14.3 Å². The van der Waals surface area contributed by atoms with Gasteiger partial charge in [0.2, 0.25) is 0 Å². The maximum absolute atomic E-state index is 12.5. The minimum atomic E-state index is -4.18. The monoisotopic (exact) mass is 500 g/mol. The van der Waals surface area contributed by atoms with E-state index in [1.807, 2.05) is 13.8 Å². The summed E-state index contributed by atoms with van der Waals surface area (Å²) in [4.78, 5) is 22.5. The van der Waals surface area contributed by atoms with Crippen molar-refractivity contribution in [2.75, 3.05) is 6.61 Å². The number of hydrogen-bond acceptors (Lipinski definition) is 5. The van der Waals surface area contributed by atoms with Crippen LogP contribution in [0.2, 0.25) is 0 Å². The lowest BCUT2D eigenvalue weighted by molar-refractivity contribution is -0.150. The Kier molecular flexibility index (Phi) is 18.5. The van der Waals surface area contributed by atoms with Gasteiger partial charge in [-0.25, -0.2) is 4.57 Å². The van der Waals surface area contributed by atoms with Crippen LogP contribution in [0.25, 0.3) is 0 Å². The summed E-state index contributed by atoms with van der Waals surface area (Å²) in [6, 6.07) is 0. The molecule has 34 heavy (non-hydrogen) atoms. The van der Waals surface area contributed by atoms with E-state index < -0.39 is 19.9 Å². The second kappa shape index (κ2) is 20.3. The summed E-state index contributed by atoms with van der Waals surface area (Å²) in [5.41, 5.74) is 0. The van der Waals surface area contributed by atoms with Gasteiger partial charge in [-0.15, -0.1) is 0 Å². The largest absolute Gasteiger partial charge is 0.472 e. The normalized spacial score (nSPS) is 27.6. The predicted molar refractivity (Wildman–Crippen MR) is 139 cm³/mol. The molecule has 1 aliphatic heterocycles. The average molecular weight is 501 g/mol. The van der Waals surface area contributed by atoms with Crippen LogP contribution in [-0.4, -0.2) is 29.7 Å². The highest BCUT2D eigenvalue weighted by molar-refractivity contribution is 7.47. The van der Waals surface area contributed by atoms with E-state index in [-0.39, 0.29) is 19.1 Å². The van der Waals surface area contributed by atoms with Crippen LogP contribution in [0.3, 0.4) is 0 Å². The van der Waals surface area contributed by atoms with Crippen LogP contribution in [0.4, 0.5) is 0 Å². The zero-order valence-electron chi connectivity index (χ0n) is 21.6. The molecule has 1 unspecified atom stereocenters. The van der Waals surface area contributed by atoms with E-state index in [0.29, 0.717) is 19.3 Å². The van der Waals surface area contributed by atoms with E-state index in [4.69, 9.17) is 13.8 Å². The minimum absolute atomic E-state index is 0.0428. The Morgan fingerprint density at radius 3 is 2.12 bits per heavy atom. The third-order valence-corrected chi connectivity index (χ3v) is 6.99. The summed E-state index contributed by atoms with van der Waals surface area (Å²) in [5, 5.41) is 0. The molecule has 7 heteroatoms. The fourth-order valence-electron chi connectivity index (χ4n) is 4.01. The molecule has 0 radical (unpaired) electrons. The summed E-state index contributed by atoms with van der Waals surface area (Å²) in [7, 11) is -4.18. The van der Waals surface area contributed by atoms with Gasteiger partial charge in [0.1, 0.15) is 6.10 Å². The Morgan fingerprint density at radius 1 is 0.912 bits per heavy atom. The predicted octanol–water partition coefficient (Wildman–Crippen LogP) is 8.20. The van der Waals surface area contributed by atoms with Crippen molar-refractivity contribution < 1.29 is 28.0 Å². The van der Waals surface area contributed by atoms with Gasteiger partial charge in [0, 0.05) is 6.42 Å². The van der Waals surface area contributed by atoms with Gasteiger partial charge in [-0.05, 0) is 45.4 Å². The first-order valence-corrected chi connectivity index (χ1v) is 15.1. The molecule has 1 heterocycles. The number of ether oxygens (including phenoxy) is 1. The van der Waals surface area contributed by atoms with Crippen molar-refractivity contribution in [1.82, 2.24) is 0 Å². The van der Waals surface area contributed by atoms with Gasteiger partial charge >= 0.3 is 13.8 Å². The quantitative estimate of drug-likeness (QED) is 0.233. The van der Waals surface area contributed by atoms with E-state index >= 15 is 0 Å². The molecular weight excluding hydrogens is 451 g/mol. The van der Waals surface area contributed by atoms with Crippen molar-refractivity contribution in [1.29, 1.82) is 0 Å². The van der Waals surface area contributed by atoms with Crippen molar-refractivity contribution in [2.24, 2.45) is 0 Å². The molecule has 3 atom stereocenters. The van der Waals surface area contributed by atoms with Gasteiger partial charge in [-0.1, -0.05) is 89.0 Å². The summed E-state index contributed by atoms with van der Waals surface area (Å²) < 4.78 is 28.1. The molecular formula is C27H49O6P. The van der Waals surface area contributed by atoms with Crippen molar-refractivity contribution in [3.8, 4) is 0 Å². The molecule has 0 fully saturated rings. The summed E-state index contributed by atoms with van der Waals surface area (Å²) in [5.74, 6) is -0.404. The fourth-order valence-corrected chi connectivity index (χ4v) is 5.04. The van der Waals surface area contributed by atoms with E-state index in [1.54, 1.807) is 0 Å². The number of cyclic esters (lactones) is 1. The second-order valence-electron chi connectivity index (χ2n) is 9.40. The van der Waals surface area contributed by atoms with Gasteiger partial charge < -0.3 is 9.63 Å². The number of allylic oxidation sites excluding steroid dienone is 3. The number of esters is 1. The Morgan fingerprint density at radius 2 is 1.47 bits per heavy atom. The number of hydrogen-bond donors (Lipinski definition) is 1. The highest BCUT2D eigenvalue weighted by Gasteiger charge is 2.28. The van der Waals surface area contributed by atoms with Crippen molar-refractivity contribution in [3.05, 3.63) is 24.3 Å². The lowest BCUT2D eigenvalue weighted by Crippen LogP contribution is -2.22. The fraction of sp³-hybridized carbons (Fsp3) is 0.815. The molecule has 0 aromatic rings. The molecule has 1 aliphatic rings. The van der Waals surface area contributed by atoms with E-state index in [2.05, 4.69) is 24.3 Å². The Hall–Kier alpha value is -0.940. The smallest absolute Gasteiger partial charge is 0.462 e. The summed E-state index contributed by atoms with van der Waals surface area (Å²) in [6.07, 6.45) is 24.8. The topological polar surface area (TPSA) is 82.1 Å². The third kappa shape index (κ3) is 18.4. The second-order valence-corrected chi connectivity index (χ2v) is 10.8. The highest BCUT2D eigenvalue weighted by atomic mass is 31.2. The summed E-state index contributed by atoms with van der Waals surface area (Å²) >= 11 is 0. The SMILES string of the molecule is CCCOP(=O)(O)O[C@@H]1CCCCCCCCCCCC/C=C\CC/C=C/C[C@H](C)OC(=O)C1. The van der Waals surface area contributed by atoms with E-state index in [0.717, 1.165) is 32.1 Å². The van der Waals surface area contributed by atoms with Crippen LogP contribution in [0.15, 0.2) is 24.3 Å². The number of phosphoric ester groups is 1. The molecule has 6 nitrogen and oxygen atoms in total. The first-order valence-electron chi connectivity index (χ1n) is 13.6. The molecule has 0 spiro atoms. The van der Waals surface area contributed by atoms with Crippen LogP contribution in [0, 0.1) is 0 Å². The molecule has 0 aliphatic carbocycles. The maximum atomic E-state index is 12.5. The number of carbonyl (C=O) groups is 1. The molecule has 0 aromatic heterocycles. The van der Waals surface area contributed by atoms with Crippen molar-refractivity contribution >= 4 is 13.8 Å². The third-order valence-electron chi connectivity index (χ3n) is 5.92. The number of rotatable bonds is 5.